The molecular weight excluding hydrogens is 606 g/mol. The van der Waals surface area contributed by atoms with E-state index in [1.165, 1.54) is 44.5 Å². The average molecular weight is 651 g/mol. The van der Waals surface area contributed by atoms with Crippen molar-refractivity contribution >= 4 is 12.6 Å². The van der Waals surface area contributed by atoms with Gasteiger partial charge in [-0.05, 0) is 34.0 Å². The number of benzene rings is 4. The van der Waals surface area contributed by atoms with Gasteiger partial charge in [0.15, 0.2) is 0 Å². The Morgan fingerprint density at radius 1 is 0.558 bits per heavy atom. The minimum absolute atomic E-state index is 0. The first-order valence-corrected chi connectivity index (χ1v) is 14.5. The summed E-state index contributed by atoms with van der Waals surface area (Å²) in [6.45, 7) is 15.4. The van der Waals surface area contributed by atoms with Crippen molar-refractivity contribution in [1.29, 1.82) is 0 Å². The van der Waals surface area contributed by atoms with Gasteiger partial charge < -0.3 is 14.5 Å². The van der Waals surface area contributed by atoms with E-state index in [2.05, 4.69) is 90.6 Å². The van der Waals surface area contributed by atoms with Crippen LogP contribution in [0.2, 0.25) is 0 Å². The Morgan fingerprint density at radius 3 is 1.12 bits per heavy atom. The van der Waals surface area contributed by atoms with E-state index in [-0.39, 0.29) is 26.2 Å². The molecule has 0 radical (unpaired) electrons. The topological polar surface area (TPSA) is 37.4 Å². The van der Waals surface area contributed by atoms with Crippen LogP contribution in [0.3, 0.4) is 0 Å². The van der Waals surface area contributed by atoms with Crippen LogP contribution in [0, 0.1) is 54.4 Å². The van der Waals surface area contributed by atoms with Crippen molar-refractivity contribution in [3.05, 3.63) is 153 Å². The molecule has 43 heavy (non-hydrogen) atoms. The fraction of sp³-hybridized carbons (Fsp3) is 0.282. The first kappa shape index (κ1) is 37.8. The first-order chi connectivity index (χ1) is 20.1. The smallest absolute Gasteiger partial charge is 0.0627 e. The Morgan fingerprint density at radius 2 is 0.860 bits per heavy atom. The van der Waals surface area contributed by atoms with Crippen LogP contribution in [0.4, 0.5) is 0 Å². The molecule has 0 aliphatic heterocycles. The summed E-state index contributed by atoms with van der Waals surface area (Å²) in [5.74, 6) is 0. The van der Waals surface area contributed by atoms with Gasteiger partial charge in [0.05, 0.1) is 12.6 Å². The third-order valence-corrected chi connectivity index (χ3v) is 6.98. The van der Waals surface area contributed by atoms with Gasteiger partial charge in [-0.1, -0.05) is 63.8 Å². The number of hydrogen-bond acceptors (Lipinski definition) is 3. The fourth-order valence-corrected chi connectivity index (χ4v) is 5.01. The van der Waals surface area contributed by atoms with E-state index in [0.717, 1.165) is 25.9 Å². The maximum Gasteiger partial charge on any atom is 0.0627 e. The molecule has 0 amide bonds. The zero-order chi connectivity index (χ0) is 30.9. The van der Waals surface area contributed by atoms with E-state index >= 15 is 0 Å². The minimum atomic E-state index is 0. The monoisotopic (exact) mass is 649 g/mol. The molecule has 0 saturated heterocycles. The average Bonchev–Trinajstić information content (AvgIpc) is 2.97. The maximum absolute atomic E-state index is 9.88. The zero-order valence-electron chi connectivity index (χ0n) is 26.8. The molecular formula is C39H45NO2Zr-4. The van der Waals surface area contributed by atoms with Crippen LogP contribution in [-0.2, 0) is 35.8 Å². The fourth-order valence-electron chi connectivity index (χ4n) is 5.01. The van der Waals surface area contributed by atoms with Crippen LogP contribution in [0.25, 0.3) is 0 Å². The van der Waals surface area contributed by atoms with Crippen molar-refractivity contribution in [2.24, 2.45) is 0 Å². The second kappa shape index (κ2) is 20.7. The molecule has 0 aromatic heterocycles. The Labute approximate surface area is 279 Å². The second-order valence-electron chi connectivity index (χ2n) is 10.8. The molecule has 0 aliphatic carbocycles. The molecule has 4 rings (SSSR count). The van der Waals surface area contributed by atoms with Crippen LogP contribution in [0.1, 0.15) is 68.5 Å². The molecule has 0 heterocycles. The Kier molecular flexibility index (Phi) is 18.2. The van der Waals surface area contributed by atoms with Gasteiger partial charge >= 0.3 is 0 Å². The third-order valence-electron chi connectivity index (χ3n) is 6.98. The first-order valence-electron chi connectivity index (χ1n) is 14.5. The summed E-state index contributed by atoms with van der Waals surface area (Å²) in [4.78, 5) is 22.2. The van der Waals surface area contributed by atoms with E-state index < -0.39 is 0 Å². The van der Waals surface area contributed by atoms with Gasteiger partial charge in [0.25, 0.3) is 0 Å². The van der Waals surface area contributed by atoms with E-state index in [9.17, 15) is 9.59 Å². The molecule has 0 spiro atoms. The van der Waals surface area contributed by atoms with Gasteiger partial charge in [0.2, 0.25) is 0 Å². The van der Waals surface area contributed by atoms with E-state index in [1.54, 1.807) is 61.1 Å². The Hall–Kier alpha value is -3.20. The van der Waals surface area contributed by atoms with Gasteiger partial charge in [-0.25, -0.2) is 0 Å². The van der Waals surface area contributed by atoms with Crippen molar-refractivity contribution in [1.82, 2.24) is 4.90 Å². The molecule has 4 aromatic rings. The molecule has 4 heteroatoms. The summed E-state index contributed by atoms with van der Waals surface area (Å²) in [6.07, 6.45) is 10.6. The van der Waals surface area contributed by atoms with Crippen molar-refractivity contribution in [3.63, 3.8) is 0 Å². The molecule has 0 unspecified atom stereocenters. The minimum Gasteiger partial charge on any atom is -0.376 e. The van der Waals surface area contributed by atoms with Gasteiger partial charge in [-0.15, -0.1) is 48.5 Å². The van der Waals surface area contributed by atoms with Crippen LogP contribution in [-0.4, -0.2) is 37.6 Å². The number of hydrogen-bond donors (Lipinski definition) is 0. The van der Waals surface area contributed by atoms with Gasteiger partial charge in [-0.2, -0.15) is 81.6 Å². The van der Waals surface area contributed by atoms with Crippen molar-refractivity contribution in [2.75, 3.05) is 20.1 Å². The van der Waals surface area contributed by atoms with Gasteiger partial charge in [-0.3, -0.25) is 0 Å². The summed E-state index contributed by atoms with van der Waals surface area (Å²) < 4.78 is 0. The predicted octanol–water partition coefficient (Wildman–Crippen LogP) is 8.34. The van der Waals surface area contributed by atoms with E-state index in [4.69, 9.17) is 0 Å². The number of rotatable bonds is 10. The molecule has 0 bridgehead atoms. The SMILES string of the molecule is Cc1cc(C)c([CH-]CCN(C)CC[CH-]c2c(C)cc(C)cc2C)c(C)c1.O=[C-]c1ccccc1.O=[C-]c1ccccc1.[Zr]. The van der Waals surface area contributed by atoms with Crippen molar-refractivity contribution in [3.8, 4) is 0 Å². The Balaban J connectivity index is 0.000000440. The zero-order valence-corrected chi connectivity index (χ0v) is 29.3. The molecule has 0 saturated carbocycles. The summed E-state index contributed by atoms with van der Waals surface area (Å²) in [6, 6.07) is 26.9. The van der Waals surface area contributed by atoms with Crippen LogP contribution < -0.4 is 0 Å². The summed E-state index contributed by atoms with van der Waals surface area (Å²) >= 11 is 0. The quantitative estimate of drug-likeness (QED) is 0.162. The predicted molar refractivity (Wildman–Crippen MR) is 177 cm³/mol. The standard InChI is InChI=1S/C25H35N.2C7H5O.Zr/c1-18-14-20(3)24(21(4)15-18)10-8-12-26(7)13-9-11-25-22(5)16-19(2)17-23(25)6;2*8-6-7-4-2-1-3-5-7;/h10-11,14-17H,8-9,12-13H2,1-7H3;2*1-5H;/q-2;2*-1;. The van der Waals surface area contributed by atoms with Crippen LogP contribution in [0.5, 0.6) is 0 Å². The van der Waals surface area contributed by atoms with Gasteiger partial charge in [0, 0.05) is 26.2 Å². The van der Waals surface area contributed by atoms with Crippen LogP contribution in [0.15, 0.2) is 84.9 Å². The summed E-state index contributed by atoms with van der Waals surface area (Å²) in [7, 11) is 2.23. The summed E-state index contributed by atoms with van der Waals surface area (Å²) in [5, 5.41) is 0. The number of aryl methyl sites for hydroxylation is 6. The molecule has 0 aliphatic rings. The van der Waals surface area contributed by atoms with E-state index in [0.29, 0.717) is 11.1 Å². The second-order valence-corrected chi connectivity index (χ2v) is 10.8. The van der Waals surface area contributed by atoms with E-state index in [1.807, 2.05) is 12.1 Å². The van der Waals surface area contributed by atoms with Gasteiger partial charge in [0.1, 0.15) is 0 Å². The maximum atomic E-state index is 9.88. The number of carbonyl (C=O) groups excluding carboxylic acids is 2. The van der Waals surface area contributed by atoms with Crippen LogP contribution >= 0.6 is 0 Å². The number of nitrogens with zero attached hydrogens (tertiary/aromatic N) is 1. The molecule has 226 valence electrons. The molecule has 0 N–H and O–H groups in total. The molecule has 3 nitrogen and oxygen atoms in total. The molecule has 4 aromatic carbocycles. The Bertz CT molecular complexity index is 1230. The van der Waals surface area contributed by atoms with Crippen molar-refractivity contribution in [2.45, 2.75) is 54.4 Å². The molecule has 0 atom stereocenters. The largest absolute Gasteiger partial charge is 0.376 e. The normalized spacial score (nSPS) is 9.86. The molecule has 0 fully saturated rings. The third kappa shape index (κ3) is 14.2. The van der Waals surface area contributed by atoms with Crippen molar-refractivity contribution < 1.29 is 35.8 Å². The summed E-state index contributed by atoms with van der Waals surface area (Å²) in [5.41, 5.74) is 12.3.